The third-order valence-corrected chi connectivity index (χ3v) is 3.91. The van der Waals surface area contributed by atoms with Crippen molar-refractivity contribution in [1.29, 1.82) is 0 Å². The molecular formula is C21H18O5. The summed E-state index contributed by atoms with van der Waals surface area (Å²) in [5.41, 5.74) is 2.06. The van der Waals surface area contributed by atoms with E-state index < -0.39 is 5.97 Å². The van der Waals surface area contributed by atoms with Crippen LogP contribution in [-0.4, -0.2) is 17.7 Å². The second-order valence-electron chi connectivity index (χ2n) is 5.82. The first-order valence-corrected chi connectivity index (χ1v) is 8.21. The molecule has 0 atom stereocenters. The molecule has 0 amide bonds. The summed E-state index contributed by atoms with van der Waals surface area (Å²) in [7, 11) is 0. The Morgan fingerprint density at radius 3 is 2.54 bits per heavy atom. The van der Waals surface area contributed by atoms with Crippen LogP contribution in [0.15, 0.2) is 51.7 Å². The molecule has 0 saturated heterocycles. The van der Waals surface area contributed by atoms with Crippen molar-refractivity contribution < 1.29 is 19.1 Å². The zero-order valence-corrected chi connectivity index (χ0v) is 14.5. The van der Waals surface area contributed by atoms with E-state index in [1.165, 1.54) is 18.2 Å². The maximum Gasteiger partial charge on any atom is 0.335 e. The molecule has 0 unspecified atom stereocenters. The lowest BCUT2D eigenvalue weighted by Gasteiger charge is -2.08. The topological polar surface area (TPSA) is 76.7 Å². The summed E-state index contributed by atoms with van der Waals surface area (Å²) in [6.45, 7) is 4.07. The largest absolute Gasteiger partial charge is 0.487 e. The number of hydrogen-bond acceptors (Lipinski definition) is 4. The minimum Gasteiger partial charge on any atom is -0.487 e. The summed E-state index contributed by atoms with van der Waals surface area (Å²) >= 11 is 0. The Labute approximate surface area is 150 Å². The Morgan fingerprint density at radius 2 is 1.88 bits per heavy atom. The Kier molecular flexibility index (Phi) is 4.89. The fraction of sp³-hybridized carbons (Fsp3) is 0.143. The molecule has 0 saturated carbocycles. The molecule has 26 heavy (non-hydrogen) atoms. The van der Waals surface area contributed by atoms with Crippen LogP contribution in [0.25, 0.3) is 23.1 Å². The number of fused-ring (bicyclic) bond motifs is 1. The fourth-order valence-corrected chi connectivity index (χ4v) is 2.57. The Bertz CT molecular complexity index is 1040. The van der Waals surface area contributed by atoms with Gasteiger partial charge in [0, 0.05) is 0 Å². The van der Waals surface area contributed by atoms with Gasteiger partial charge in [0.15, 0.2) is 5.76 Å². The third-order valence-electron chi connectivity index (χ3n) is 3.91. The van der Waals surface area contributed by atoms with Crippen LogP contribution in [-0.2, 0) is 0 Å². The lowest BCUT2D eigenvalue weighted by atomic mass is 10.1. The van der Waals surface area contributed by atoms with Crippen LogP contribution < -0.4 is 10.2 Å². The smallest absolute Gasteiger partial charge is 0.335 e. The highest BCUT2D eigenvalue weighted by Gasteiger charge is 2.15. The normalized spacial score (nSPS) is 11.2. The van der Waals surface area contributed by atoms with E-state index in [-0.39, 0.29) is 22.1 Å². The summed E-state index contributed by atoms with van der Waals surface area (Å²) in [4.78, 5) is 23.9. The van der Waals surface area contributed by atoms with Gasteiger partial charge in [0.2, 0.25) is 11.2 Å². The van der Waals surface area contributed by atoms with E-state index in [1.807, 2.05) is 37.3 Å². The van der Waals surface area contributed by atoms with Crippen molar-refractivity contribution in [3.05, 3.63) is 75.1 Å². The molecule has 0 bridgehead atoms. The first-order chi connectivity index (χ1) is 12.5. The van der Waals surface area contributed by atoms with Gasteiger partial charge in [0.25, 0.3) is 0 Å². The summed E-state index contributed by atoms with van der Waals surface area (Å²) in [5, 5.41) is 9.30. The molecule has 1 aromatic heterocycles. The van der Waals surface area contributed by atoms with E-state index in [4.69, 9.17) is 14.3 Å². The van der Waals surface area contributed by atoms with E-state index in [1.54, 1.807) is 13.0 Å². The molecule has 0 aliphatic heterocycles. The number of carboxylic acids is 1. The molecule has 3 rings (SSSR count). The highest BCUT2D eigenvalue weighted by atomic mass is 16.5. The Hall–Kier alpha value is -3.34. The number of aryl methyl sites for hydroxylation is 1. The highest BCUT2D eigenvalue weighted by Crippen LogP contribution is 2.24. The minimum atomic E-state index is -1.10. The molecule has 1 N–H and O–H groups in total. The summed E-state index contributed by atoms with van der Waals surface area (Å²) in [5.74, 6) is -0.730. The van der Waals surface area contributed by atoms with Crippen LogP contribution in [0, 0.1) is 6.92 Å². The zero-order chi connectivity index (χ0) is 18.7. The molecule has 1 heterocycles. The minimum absolute atomic E-state index is 0.0233. The lowest BCUT2D eigenvalue weighted by molar-refractivity contribution is 0.0697. The van der Waals surface area contributed by atoms with Crippen LogP contribution in [0.5, 0.6) is 5.75 Å². The summed E-state index contributed by atoms with van der Waals surface area (Å²) < 4.78 is 11.3. The third kappa shape index (κ3) is 3.52. The number of benzene rings is 2. The monoisotopic (exact) mass is 350 g/mol. The van der Waals surface area contributed by atoms with E-state index >= 15 is 0 Å². The molecule has 132 valence electrons. The first-order valence-electron chi connectivity index (χ1n) is 8.21. The summed E-state index contributed by atoms with van der Waals surface area (Å²) in [6, 6.07) is 12.1. The number of carboxylic acid groups (broad SMARTS) is 1. The number of rotatable bonds is 5. The van der Waals surface area contributed by atoms with Crippen molar-refractivity contribution in [3.63, 3.8) is 0 Å². The van der Waals surface area contributed by atoms with E-state index in [2.05, 4.69) is 0 Å². The molecule has 0 spiro atoms. The molecule has 0 radical (unpaired) electrons. The molecule has 5 heteroatoms. The zero-order valence-electron chi connectivity index (χ0n) is 14.5. The second-order valence-corrected chi connectivity index (χ2v) is 5.82. The number of aromatic carboxylic acids is 1. The van der Waals surface area contributed by atoms with Gasteiger partial charge in [-0.25, -0.2) is 4.79 Å². The molecule has 5 nitrogen and oxygen atoms in total. The van der Waals surface area contributed by atoms with Crippen LogP contribution in [0.3, 0.4) is 0 Å². The molecule has 0 aliphatic carbocycles. The summed E-state index contributed by atoms with van der Waals surface area (Å²) in [6.07, 6.45) is 3.51. The maximum absolute atomic E-state index is 12.8. The van der Waals surface area contributed by atoms with Gasteiger partial charge in [0.05, 0.1) is 17.6 Å². The van der Waals surface area contributed by atoms with Crippen molar-refractivity contribution in [2.45, 2.75) is 13.8 Å². The van der Waals surface area contributed by atoms with Crippen molar-refractivity contribution in [2.24, 2.45) is 0 Å². The average Bonchev–Trinajstić information content (AvgIpc) is 2.63. The average molecular weight is 350 g/mol. The van der Waals surface area contributed by atoms with Gasteiger partial charge in [-0.05, 0) is 43.7 Å². The predicted octanol–water partition coefficient (Wildman–Crippen LogP) is 4.37. The molecule has 0 fully saturated rings. The second kappa shape index (κ2) is 7.27. The van der Waals surface area contributed by atoms with Gasteiger partial charge < -0.3 is 14.3 Å². The number of ether oxygens (including phenoxy) is 1. The first kappa shape index (κ1) is 17.5. The van der Waals surface area contributed by atoms with Crippen LogP contribution in [0.1, 0.15) is 34.2 Å². The highest BCUT2D eigenvalue weighted by molar-refractivity contribution is 5.93. The maximum atomic E-state index is 12.8. The van der Waals surface area contributed by atoms with E-state index in [9.17, 15) is 9.59 Å². The van der Waals surface area contributed by atoms with Crippen LogP contribution in [0.4, 0.5) is 0 Å². The van der Waals surface area contributed by atoms with Gasteiger partial charge in [-0.2, -0.15) is 0 Å². The van der Waals surface area contributed by atoms with Gasteiger partial charge in [-0.3, -0.25) is 4.79 Å². The van der Waals surface area contributed by atoms with E-state index in [0.29, 0.717) is 18.0 Å². The molecule has 2 aromatic carbocycles. The van der Waals surface area contributed by atoms with Gasteiger partial charge in [-0.1, -0.05) is 35.9 Å². The van der Waals surface area contributed by atoms with Gasteiger partial charge in [0.1, 0.15) is 5.58 Å². The Balaban J connectivity index is 2.13. The van der Waals surface area contributed by atoms with Crippen molar-refractivity contribution in [1.82, 2.24) is 0 Å². The van der Waals surface area contributed by atoms with Crippen molar-refractivity contribution in [3.8, 4) is 5.75 Å². The molecular weight excluding hydrogens is 332 g/mol. The fourth-order valence-electron chi connectivity index (χ4n) is 2.57. The van der Waals surface area contributed by atoms with Crippen LogP contribution >= 0.6 is 0 Å². The molecule has 0 aliphatic rings. The van der Waals surface area contributed by atoms with Gasteiger partial charge >= 0.3 is 5.97 Å². The van der Waals surface area contributed by atoms with Crippen molar-refractivity contribution in [2.75, 3.05) is 6.61 Å². The Morgan fingerprint density at radius 1 is 1.15 bits per heavy atom. The van der Waals surface area contributed by atoms with Crippen LogP contribution in [0.2, 0.25) is 0 Å². The molecule has 3 aromatic rings. The van der Waals surface area contributed by atoms with E-state index in [0.717, 1.165) is 11.1 Å². The lowest BCUT2D eigenvalue weighted by Crippen LogP contribution is -2.10. The quantitative estimate of drug-likeness (QED) is 0.739. The number of hydrogen-bond donors (Lipinski definition) is 1. The number of carbonyl (C=O) groups is 1. The van der Waals surface area contributed by atoms with Gasteiger partial charge in [-0.15, -0.1) is 0 Å². The standard InChI is InChI=1S/C21H18O5/c1-3-25-20-18(10-8-14-6-4-13(2)5-7-14)26-17-11-9-15(21(23)24)12-16(17)19(20)22/h4-12H,3H2,1-2H3,(H,23,24). The van der Waals surface area contributed by atoms with Crippen molar-refractivity contribution >= 4 is 29.1 Å². The SMILES string of the molecule is CCOc1c(C=Cc2ccc(C)cc2)oc2ccc(C(=O)O)cc2c1=O. The predicted molar refractivity (Wildman–Crippen MR) is 101 cm³/mol.